The van der Waals surface area contributed by atoms with Crippen LogP contribution in [0.15, 0.2) is 16.6 Å². The molecule has 1 N–H and O–H groups in total. The first-order valence-corrected chi connectivity index (χ1v) is 8.33. The van der Waals surface area contributed by atoms with Gasteiger partial charge in [-0.15, -0.1) is 0 Å². The van der Waals surface area contributed by atoms with Crippen LogP contribution in [0.5, 0.6) is 5.75 Å². The minimum absolute atomic E-state index is 0.315. The molecule has 2 rings (SSSR count). The second-order valence-electron chi connectivity index (χ2n) is 6.18. The zero-order chi connectivity index (χ0) is 15.6. The molecule has 21 heavy (non-hydrogen) atoms. The summed E-state index contributed by atoms with van der Waals surface area (Å²) in [4.78, 5) is 12.0. The summed E-state index contributed by atoms with van der Waals surface area (Å²) in [7, 11) is 1.64. The van der Waals surface area contributed by atoms with E-state index >= 15 is 0 Å². The molecule has 0 spiro atoms. The summed E-state index contributed by atoms with van der Waals surface area (Å²) in [6, 6.07) is 3.91. The van der Waals surface area contributed by atoms with E-state index in [1.807, 2.05) is 12.1 Å². The molecule has 0 amide bonds. The summed E-state index contributed by atoms with van der Waals surface area (Å²) in [5, 5.41) is 9.82. The van der Waals surface area contributed by atoms with Gasteiger partial charge in [0.15, 0.2) is 0 Å². The number of halogens is 1. The number of carbonyl (C=O) groups is 1. The van der Waals surface area contributed by atoms with Crippen molar-refractivity contribution in [2.45, 2.75) is 57.3 Å². The van der Waals surface area contributed by atoms with Crippen molar-refractivity contribution in [3.63, 3.8) is 0 Å². The molecule has 1 aliphatic carbocycles. The summed E-state index contributed by atoms with van der Waals surface area (Å²) in [5.74, 6) is 0.379. The summed E-state index contributed by atoms with van der Waals surface area (Å²) >= 11 is 3.61. The second-order valence-corrected chi connectivity index (χ2v) is 7.03. The molecule has 0 bridgehead atoms. The lowest BCUT2D eigenvalue weighted by Crippen LogP contribution is -2.37. The molecule has 0 saturated heterocycles. The maximum atomic E-state index is 12.0. The fraction of sp³-hybridized carbons (Fsp3) is 0.588. The van der Waals surface area contributed by atoms with E-state index in [1.165, 1.54) is 0 Å². The van der Waals surface area contributed by atoms with Crippen molar-refractivity contribution in [1.29, 1.82) is 0 Å². The Morgan fingerprint density at radius 1 is 1.29 bits per heavy atom. The highest BCUT2D eigenvalue weighted by Crippen LogP contribution is 2.44. The van der Waals surface area contributed by atoms with Gasteiger partial charge in [-0.2, -0.15) is 0 Å². The topological polar surface area (TPSA) is 46.5 Å². The predicted molar refractivity (Wildman–Crippen MR) is 87.2 cm³/mol. The molecular weight excluding hydrogens is 332 g/mol. The average Bonchev–Trinajstić information content (AvgIpc) is 2.46. The molecule has 0 aliphatic heterocycles. The van der Waals surface area contributed by atoms with E-state index in [-0.39, 0.29) is 0 Å². The molecule has 1 aliphatic rings. The Morgan fingerprint density at radius 2 is 1.90 bits per heavy atom. The number of benzene rings is 1. The van der Waals surface area contributed by atoms with Gasteiger partial charge in [0, 0.05) is 10.0 Å². The number of hydrogen-bond donors (Lipinski definition) is 1. The normalized spacial score (nSPS) is 17.8. The standard InChI is InChI=1S/C17H23BrO3/c1-11(2)15-13(18)9-12(10-14(15)21-3)17(16(19)20)7-5-4-6-8-17/h9-11H,4-8H2,1-3H3,(H,19,20). The van der Waals surface area contributed by atoms with Gasteiger partial charge in [-0.1, -0.05) is 49.0 Å². The van der Waals surface area contributed by atoms with Crippen molar-refractivity contribution in [3.8, 4) is 5.75 Å². The summed E-state index contributed by atoms with van der Waals surface area (Å²) in [6.45, 7) is 4.21. The van der Waals surface area contributed by atoms with Gasteiger partial charge in [0.25, 0.3) is 0 Å². The minimum Gasteiger partial charge on any atom is -0.496 e. The number of methoxy groups -OCH3 is 1. The van der Waals surface area contributed by atoms with Crippen LogP contribution in [0.2, 0.25) is 0 Å². The Kier molecular flexibility index (Phi) is 4.97. The quantitative estimate of drug-likeness (QED) is 0.838. The molecule has 1 saturated carbocycles. The van der Waals surface area contributed by atoms with Crippen LogP contribution in [0.1, 0.15) is 63.0 Å². The number of carboxylic acid groups (broad SMARTS) is 1. The first kappa shape index (κ1) is 16.3. The molecule has 4 heteroatoms. The molecule has 0 radical (unpaired) electrons. The monoisotopic (exact) mass is 354 g/mol. The van der Waals surface area contributed by atoms with Gasteiger partial charge in [0.05, 0.1) is 12.5 Å². The molecule has 116 valence electrons. The summed E-state index contributed by atoms with van der Waals surface area (Å²) < 4.78 is 6.46. The third-order valence-corrected chi connectivity index (χ3v) is 5.21. The number of carboxylic acids is 1. The molecule has 0 atom stereocenters. The maximum Gasteiger partial charge on any atom is 0.314 e. The number of aliphatic carboxylic acids is 1. The van der Waals surface area contributed by atoms with Gasteiger partial charge < -0.3 is 9.84 Å². The third kappa shape index (κ3) is 2.96. The highest BCUT2D eigenvalue weighted by Gasteiger charge is 2.42. The van der Waals surface area contributed by atoms with Crippen LogP contribution in [0, 0.1) is 0 Å². The number of hydrogen-bond acceptors (Lipinski definition) is 2. The molecule has 0 unspecified atom stereocenters. The molecule has 1 aromatic carbocycles. The Bertz CT molecular complexity index is 531. The zero-order valence-corrected chi connectivity index (χ0v) is 14.5. The lowest BCUT2D eigenvalue weighted by Gasteiger charge is -2.34. The van der Waals surface area contributed by atoms with Gasteiger partial charge in [-0.25, -0.2) is 0 Å². The first-order chi connectivity index (χ1) is 9.92. The molecule has 1 aromatic rings. The molecule has 3 nitrogen and oxygen atoms in total. The molecule has 0 aromatic heterocycles. The Hall–Kier alpha value is -1.03. The fourth-order valence-corrected chi connectivity index (χ4v) is 4.28. The number of ether oxygens (including phenoxy) is 1. The molecular formula is C17H23BrO3. The number of rotatable bonds is 4. The lowest BCUT2D eigenvalue weighted by molar-refractivity contribution is -0.145. The van der Waals surface area contributed by atoms with Crippen molar-refractivity contribution in [2.24, 2.45) is 0 Å². The van der Waals surface area contributed by atoms with Crippen LogP contribution in [-0.4, -0.2) is 18.2 Å². The largest absolute Gasteiger partial charge is 0.496 e. The van der Waals surface area contributed by atoms with E-state index < -0.39 is 11.4 Å². The SMILES string of the molecule is COc1cc(C2(C(=O)O)CCCCC2)cc(Br)c1C(C)C. The van der Waals surface area contributed by atoms with Gasteiger partial charge >= 0.3 is 5.97 Å². The highest BCUT2D eigenvalue weighted by molar-refractivity contribution is 9.10. The van der Waals surface area contributed by atoms with Crippen molar-refractivity contribution in [1.82, 2.24) is 0 Å². The van der Waals surface area contributed by atoms with Crippen LogP contribution in [0.3, 0.4) is 0 Å². The van der Waals surface area contributed by atoms with Crippen LogP contribution in [-0.2, 0) is 10.2 Å². The lowest BCUT2D eigenvalue weighted by atomic mass is 9.69. The summed E-state index contributed by atoms with van der Waals surface area (Å²) in [6.07, 6.45) is 4.48. The Balaban J connectivity index is 2.57. The van der Waals surface area contributed by atoms with Crippen molar-refractivity contribution < 1.29 is 14.6 Å². The van der Waals surface area contributed by atoms with Crippen molar-refractivity contribution in [2.75, 3.05) is 7.11 Å². The second kappa shape index (κ2) is 6.39. The first-order valence-electron chi connectivity index (χ1n) is 7.53. The summed E-state index contributed by atoms with van der Waals surface area (Å²) in [5.41, 5.74) is 1.20. The van der Waals surface area contributed by atoms with E-state index in [0.29, 0.717) is 18.8 Å². The van der Waals surface area contributed by atoms with Crippen LogP contribution < -0.4 is 4.74 Å². The van der Waals surface area contributed by atoms with Gasteiger partial charge in [0.1, 0.15) is 5.75 Å². The average molecular weight is 355 g/mol. The zero-order valence-electron chi connectivity index (χ0n) is 12.9. The predicted octanol–water partition coefficient (Wildman–Crippen LogP) is 4.87. The van der Waals surface area contributed by atoms with Gasteiger partial charge in [-0.05, 0) is 36.5 Å². The van der Waals surface area contributed by atoms with Gasteiger partial charge in [0.2, 0.25) is 0 Å². The van der Waals surface area contributed by atoms with Crippen LogP contribution in [0.25, 0.3) is 0 Å². The van der Waals surface area contributed by atoms with E-state index in [9.17, 15) is 9.90 Å². The van der Waals surface area contributed by atoms with E-state index in [0.717, 1.165) is 40.6 Å². The Morgan fingerprint density at radius 3 is 2.38 bits per heavy atom. The minimum atomic E-state index is -0.760. The van der Waals surface area contributed by atoms with Crippen LogP contribution in [0.4, 0.5) is 0 Å². The van der Waals surface area contributed by atoms with Crippen molar-refractivity contribution in [3.05, 3.63) is 27.7 Å². The van der Waals surface area contributed by atoms with E-state index in [2.05, 4.69) is 29.8 Å². The molecule has 0 heterocycles. The smallest absolute Gasteiger partial charge is 0.314 e. The van der Waals surface area contributed by atoms with E-state index in [4.69, 9.17) is 4.74 Å². The van der Waals surface area contributed by atoms with Crippen molar-refractivity contribution >= 4 is 21.9 Å². The van der Waals surface area contributed by atoms with Crippen LogP contribution >= 0.6 is 15.9 Å². The Labute approximate surface area is 134 Å². The fourth-order valence-electron chi connectivity index (χ4n) is 3.38. The third-order valence-electron chi connectivity index (χ3n) is 4.56. The van der Waals surface area contributed by atoms with E-state index in [1.54, 1.807) is 7.11 Å². The highest BCUT2D eigenvalue weighted by atomic mass is 79.9. The maximum absolute atomic E-state index is 12.0. The van der Waals surface area contributed by atoms with Gasteiger partial charge in [-0.3, -0.25) is 4.79 Å². The molecule has 1 fully saturated rings.